The molecule has 1 fully saturated rings. The average Bonchev–Trinajstić information content (AvgIpc) is 3.36. The Labute approximate surface area is 141 Å². The smallest absolute Gasteiger partial charge is 0.234 e. The van der Waals surface area contributed by atoms with Crippen molar-refractivity contribution in [2.75, 3.05) is 33.3 Å². The predicted molar refractivity (Wildman–Crippen MR) is 88.0 cm³/mol. The summed E-state index contributed by atoms with van der Waals surface area (Å²) in [6, 6.07) is 7.80. The van der Waals surface area contributed by atoms with Gasteiger partial charge in [-0.3, -0.25) is 14.5 Å². The molecule has 1 heterocycles. The van der Waals surface area contributed by atoms with E-state index in [2.05, 4.69) is 10.6 Å². The maximum absolute atomic E-state index is 12.0. The van der Waals surface area contributed by atoms with E-state index >= 15 is 0 Å². The number of fused-ring (bicyclic) bond motifs is 1. The van der Waals surface area contributed by atoms with Crippen molar-refractivity contribution in [2.45, 2.75) is 25.0 Å². The molecule has 3 rings (SSSR count). The molecule has 1 aromatic rings. The number of likely N-dealkylation sites (N-methyl/N-ethyl adjacent to an activating group) is 1. The van der Waals surface area contributed by atoms with Gasteiger partial charge < -0.3 is 20.1 Å². The third-order valence-electron chi connectivity index (χ3n) is 3.86. The Balaban J connectivity index is 1.35. The van der Waals surface area contributed by atoms with E-state index in [1.807, 2.05) is 24.3 Å². The molecule has 7 nitrogen and oxygen atoms in total. The number of hydrogen-bond donors (Lipinski definition) is 2. The molecular formula is C17H23N3O4. The van der Waals surface area contributed by atoms with Crippen LogP contribution in [0.25, 0.3) is 0 Å². The van der Waals surface area contributed by atoms with Gasteiger partial charge in [0.1, 0.15) is 12.7 Å². The third-order valence-corrected chi connectivity index (χ3v) is 3.86. The van der Waals surface area contributed by atoms with Gasteiger partial charge in [-0.05, 0) is 32.0 Å². The van der Waals surface area contributed by atoms with Crippen molar-refractivity contribution >= 4 is 11.8 Å². The highest BCUT2D eigenvalue weighted by atomic mass is 16.6. The van der Waals surface area contributed by atoms with Crippen molar-refractivity contribution in [1.82, 2.24) is 15.5 Å². The molecule has 0 spiro atoms. The van der Waals surface area contributed by atoms with Crippen LogP contribution < -0.4 is 20.1 Å². The van der Waals surface area contributed by atoms with Crippen LogP contribution in [0.3, 0.4) is 0 Å². The summed E-state index contributed by atoms with van der Waals surface area (Å²) >= 11 is 0. The second kappa shape index (κ2) is 7.53. The number of nitrogens with zero attached hydrogens (tertiary/aromatic N) is 1. The first-order chi connectivity index (χ1) is 11.6. The van der Waals surface area contributed by atoms with E-state index in [0.717, 1.165) is 18.6 Å². The Morgan fingerprint density at radius 2 is 1.88 bits per heavy atom. The minimum atomic E-state index is -0.215. The molecule has 1 aromatic carbocycles. The molecule has 1 atom stereocenters. The maximum atomic E-state index is 12.0. The molecule has 0 bridgehead atoms. The molecule has 7 heteroatoms. The number of rotatable bonds is 7. The summed E-state index contributed by atoms with van der Waals surface area (Å²) in [6.07, 6.45) is 1.90. The van der Waals surface area contributed by atoms with Gasteiger partial charge in [0.2, 0.25) is 11.8 Å². The largest absolute Gasteiger partial charge is 0.486 e. The Morgan fingerprint density at radius 1 is 1.17 bits per heavy atom. The Bertz CT molecular complexity index is 603. The SMILES string of the molecule is CN(CC(=O)NCC1COc2ccccc2O1)CC(=O)NC1CC1. The van der Waals surface area contributed by atoms with Gasteiger partial charge in [-0.2, -0.15) is 0 Å². The van der Waals surface area contributed by atoms with Crippen molar-refractivity contribution in [2.24, 2.45) is 0 Å². The molecule has 2 aliphatic rings. The summed E-state index contributed by atoms with van der Waals surface area (Å²) in [5.41, 5.74) is 0. The normalized spacial score (nSPS) is 19.0. The fourth-order valence-corrected chi connectivity index (χ4v) is 2.49. The van der Waals surface area contributed by atoms with Crippen LogP contribution in [0.5, 0.6) is 11.5 Å². The number of carbonyl (C=O) groups is 2. The molecule has 1 aliphatic heterocycles. The zero-order valence-electron chi connectivity index (χ0n) is 13.8. The van der Waals surface area contributed by atoms with Crippen LogP contribution in [-0.2, 0) is 9.59 Å². The summed E-state index contributed by atoms with van der Waals surface area (Å²) in [4.78, 5) is 25.4. The van der Waals surface area contributed by atoms with E-state index in [4.69, 9.17) is 9.47 Å². The Kier molecular flexibility index (Phi) is 5.20. The zero-order chi connectivity index (χ0) is 16.9. The quantitative estimate of drug-likeness (QED) is 0.743. The Morgan fingerprint density at radius 3 is 2.62 bits per heavy atom. The molecule has 130 valence electrons. The molecular weight excluding hydrogens is 310 g/mol. The monoisotopic (exact) mass is 333 g/mol. The van der Waals surface area contributed by atoms with Gasteiger partial charge in [0.25, 0.3) is 0 Å². The van der Waals surface area contributed by atoms with Crippen molar-refractivity contribution in [3.05, 3.63) is 24.3 Å². The lowest BCUT2D eigenvalue weighted by Gasteiger charge is -2.26. The molecule has 1 unspecified atom stereocenters. The second-order valence-corrected chi connectivity index (χ2v) is 6.32. The molecule has 1 saturated carbocycles. The third kappa shape index (κ3) is 4.86. The number of hydrogen-bond acceptors (Lipinski definition) is 5. The van der Waals surface area contributed by atoms with E-state index in [9.17, 15) is 9.59 Å². The molecule has 24 heavy (non-hydrogen) atoms. The molecule has 0 radical (unpaired) electrons. The van der Waals surface area contributed by atoms with Crippen LogP contribution >= 0.6 is 0 Å². The predicted octanol–water partition coefficient (Wildman–Crippen LogP) is 0.153. The van der Waals surface area contributed by atoms with E-state index < -0.39 is 0 Å². The van der Waals surface area contributed by atoms with Gasteiger partial charge in [-0.1, -0.05) is 12.1 Å². The van der Waals surface area contributed by atoms with Crippen LogP contribution in [0.4, 0.5) is 0 Å². The number of nitrogens with one attached hydrogen (secondary N) is 2. The van der Waals surface area contributed by atoms with Crippen LogP contribution in [0.1, 0.15) is 12.8 Å². The lowest BCUT2D eigenvalue weighted by atomic mass is 10.2. The molecule has 1 aliphatic carbocycles. The summed E-state index contributed by atoms with van der Waals surface area (Å²) in [6.45, 7) is 1.16. The van der Waals surface area contributed by atoms with Gasteiger partial charge in [0.05, 0.1) is 19.6 Å². The number of benzene rings is 1. The minimum absolute atomic E-state index is 0.0339. The summed E-state index contributed by atoms with van der Waals surface area (Å²) in [5, 5.41) is 5.73. The molecule has 0 saturated heterocycles. The highest BCUT2D eigenvalue weighted by molar-refractivity contribution is 5.81. The van der Waals surface area contributed by atoms with Crippen LogP contribution in [0.15, 0.2) is 24.3 Å². The fraction of sp³-hybridized carbons (Fsp3) is 0.529. The van der Waals surface area contributed by atoms with Gasteiger partial charge >= 0.3 is 0 Å². The summed E-state index contributed by atoms with van der Waals surface area (Å²) in [7, 11) is 1.75. The second-order valence-electron chi connectivity index (χ2n) is 6.32. The van der Waals surface area contributed by atoms with Gasteiger partial charge in [0.15, 0.2) is 11.5 Å². The summed E-state index contributed by atoms with van der Waals surface area (Å²) in [5.74, 6) is 1.24. The number of amides is 2. The summed E-state index contributed by atoms with van der Waals surface area (Å²) < 4.78 is 11.4. The van der Waals surface area contributed by atoms with Crippen molar-refractivity contribution in [3.8, 4) is 11.5 Å². The molecule has 2 amide bonds. The molecule has 0 aromatic heterocycles. The van der Waals surface area contributed by atoms with E-state index in [1.54, 1.807) is 11.9 Å². The minimum Gasteiger partial charge on any atom is -0.486 e. The van der Waals surface area contributed by atoms with Gasteiger partial charge in [-0.25, -0.2) is 0 Å². The first-order valence-corrected chi connectivity index (χ1v) is 8.23. The van der Waals surface area contributed by atoms with E-state index in [-0.39, 0.29) is 31.0 Å². The van der Waals surface area contributed by atoms with E-state index in [0.29, 0.717) is 24.9 Å². The van der Waals surface area contributed by atoms with Crippen LogP contribution in [-0.4, -0.2) is 62.1 Å². The van der Waals surface area contributed by atoms with Crippen LogP contribution in [0.2, 0.25) is 0 Å². The number of para-hydroxylation sites is 2. The van der Waals surface area contributed by atoms with Gasteiger partial charge in [-0.15, -0.1) is 0 Å². The lowest BCUT2D eigenvalue weighted by molar-refractivity contribution is -0.124. The van der Waals surface area contributed by atoms with E-state index in [1.165, 1.54) is 0 Å². The average molecular weight is 333 g/mol. The van der Waals surface area contributed by atoms with Gasteiger partial charge in [0, 0.05) is 6.04 Å². The number of carbonyl (C=O) groups excluding carboxylic acids is 2. The van der Waals surface area contributed by atoms with Crippen molar-refractivity contribution < 1.29 is 19.1 Å². The highest BCUT2D eigenvalue weighted by Crippen LogP contribution is 2.30. The zero-order valence-corrected chi connectivity index (χ0v) is 13.8. The van der Waals surface area contributed by atoms with Crippen LogP contribution in [0, 0.1) is 0 Å². The highest BCUT2D eigenvalue weighted by Gasteiger charge is 2.24. The topological polar surface area (TPSA) is 79.9 Å². The first kappa shape index (κ1) is 16.6. The number of ether oxygens (including phenoxy) is 2. The Hall–Kier alpha value is -2.28. The lowest BCUT2D eigenvalue weighted by Crippen LogP contribution is -2.45. The fourth-order valence-electron chi connectivity index (χ4n) is 2.49. The molecule has 2 N–H and O–H groups in total. The maximum Gasteiger partial charge on any atom is 0.234 e. The van der Waals surface area contributed by atoms with Crippen molar-refractivity contribution in [1.29, 1.82) is 0 Å². The first-order valence-electron chi connectivity index (χ1n) is 8.23. The standard InChI is InChI=1S/C17H23N3O4/c1-20(10-17(22)19-12-6-7-12)9-16(21)18-8-13-11-23-14-4-2-3-5-15(14)24-13/h2-5,12-13H,6-11H2,1H3,(H,18,21)(H,19,22). The van der Waals surface area contributed by atoms with Crippen molar-refractivity contribution in [3.63, 3.8) is 0 Å².